The first-order valence-corrected chi connectivity index (χ1v) is 8.33. The summed E-state index contributed by atoms with van der Waals surface area (Å²) in [5, 5.41) is 9.89. The third-order valence-electron chi connectivity index (χ3n) is 2.55. The van der Waals surface area contributed by atoms with Gasteiger partial charge in [-0.05, 0) is 18.2 Å². The minimum absolute atomic E-state index is 0.156. The lowest BCUT2D eigenvalue weighted by molar-refractivity contribution is -0.131. The molecular weight excluding hydrogens is 353 g/mol. The maximum Gasteiger partial charge on any atom is 0.308 e. The van der Waals surface area contributed by atoms with Gasteiger partial charge in [-0.15, -0.1) is 0 Å². The number of furan rings is 1. The average Bonchev–Trinajstić information content (AvgIpc) is 2.68. The zero-order valence-electron chi connectivity index (χ0n) is 11.9. The van der Waals surface area contributed by atoms with Crippen molar-refractivity contribution in [2.45, 2.75) is 6.92 Å². The Morgan fingerprint density at radius 2 is 2.09 bits per heavy atom. The number of halogens is 2. The predicted octanol–water partition coefficient (Wildman–Crippen LogP) is 2.74. The van der Waals surface area contributed by atoms with Crippen LogP contribution in [0.5, 0.6) is 11.5 Å². The summed E-state index contributed by atoms with van der Waals surface area (Å²) in [5.41, 5.74) is 0.156. The molecule has 124 valence electrons. The molecule has 1 aromatic carbocycles. The van der Waals surface area contributed by atoms with Crippen LogP contribution in [0.3, 0.4) is 0 Å². The second-order valence-corrected chi connectivity index (χ2v) is 6.69. The summed E-state index contributed by atoms with van der Waals surface area (Å²) in [5.74, 6) is -3.35. The van der Waals surface area contributed by atoms with E-state index in [4.69, 9.17) is 20.8 Å². The van der Waals surface area contributed by atoms with Gasteiger partial charge in [0.05, 0.1) is 11.3 Å². The smallest absolute Gasteiger partial charge is 0.308 e. The number of hydrogen-bond acceptors (Lipinski definition) is 6. The zero-order chi connectivity index (χ0) is 17.4. The Bertz CT molecular complexity index is 877. The van der Waals surface area contributed by atoms with Crippen molar-refractivity contribution in [3.63, 3.8) is 0 Å². The van der Waals surface area contributed by atoms with Crippen molar-refractivity contribution in [3.8, 4) is 22.8 Å². The second kappa shape index (κ2) is 6.09. The van der Waals surface area contributed by atoms with Crippen molar-refractivity contribution in [2.75, 3.05) is 11.0 Å². The molecule has 1 heterocycles. The molecular formula is C13H11ClFNO6S. The van der Waals surface area contributed by atoms with E-state index in [-0.39, 0.29) is 16.3 Å². The molecule has 0 aliphatic rings. The van der Waals surface area contributed by atoms with Gasteiger partial charge in [-0.25, -0.2) is 12.8 Å². The third-order valence-corrected chi connectivity index (χ3v) is 3.39. The number of carbonyl (C=O) groups is 1. The quantitative estimate of drug-likeness (QED) is 0.809. The van der Waals surface area contributed by atoms with Crippen LogP contribution in [0.2, 0.25) is 5.02 Å². The van der Waals surface area contributed by atoms with Crippen LogP contribution in [-0.2, 0) is 14.8 Å². The predicted molar refractivity (Wildman–Crippen MR) is 80.6 cm³/mol. The summed E-state index contributed by atoms with van der Waals surface area (Å²) in [7, 11) is -3.77. The van der Waals surface area contributed by atoms with Crippen LogP contribution in [0, 0.1) is 5.82 Å². The van der Waals surface area contributed by atoms with Crippen molar-refractivity contribution in [3.05, 3.63) is 29.0 Å². The summed E-state index contributed by atoms with van der Waals surface area (Å²) in [6.07, 6.45) is 0.846. The van der Waals surface area contributed by atoms with Gasteiger partial charge in [0.25, 0.3) is 5.88 Å². The summed E-state index contributed by atoms with van der Waals surface area (Å²) in [6, 6.07) is 3.45. The maximum atomic E-state index is 13.2. The summed E-state index contributed by atoms with van der Waals surface area (Å²) in [4.78, 5) is 11.1. The van der Waals surface area contributed by atoms with E-state index in [0.29, 0.717) is 0 Å². The molecule has 0 amide bonds. The molecule has 0 fully saturated rings. The molecule has 0 radical (unpaired) electrons. The molecule has 7 nitrogen and oxygen atoms in total. The minimum atomic E-state index is -3.77. The Hall–Kier alpha value is -2.26. The lowest BCUT2D eigenvalue weighted by atomic mass is 10.1. The molecule has 0 unspecified atom stereocenters. The number of sulfonamides is 1. The molecule has 0 saturated carbocycles. The van der Waals surface area contributed by atoms with Gasteiger partial charge in [0.1, 0.15) is 5.82 Å². The van der Waals surface area contributed by atoms with Crippen LogP contribution in [0.25, 0.3) is 11.3 Å². The SMILES string of the molecule is CC(=O)Oc1c(NS(C)(=O)=O)oc(-c2ccc(F)c(Cl)c2)c1O. The van der Waals surface area contributed by atoms with E-state index < -0.39 is 39.2 Å². The van der Waals surface area contributed by atoms with Crippen LogP contribution >= 0.6 is 11.6 Å². The van der Waals surface area contributed by atoms with Gasteiger partial charge in [-0.2, -0.15) is 0 Å². The topological polar surface area (TPSA) is 106 Å². The van der Waals surface area contributed by atoms with Crippen molar-refractivity contribution >= 4 is 33.5 Å². The van der Waals surface area contributed by atoms with Gasteiger partial charge >= 0.3 is 5.97 Å². The van der Waals surface area contributed by atoms with Crippen molar-refractivity contribution < 1.29 is 31.9 Å². The molecule has 0 spiro atoms. The molecule has 0 saturated heterocycles. The van der Waals surface area contributed by atoms with Gasteiger partial charge in [-0.3, -0.25) is 9.52 Å². The standard InChI is InChI=1S/C13H11ClFNO6S/c1-6(17)21-12-10(18)11(22-13(12)16-23(2,19)20)7-3-4-9(15)8(14)5-7/h3-5,16,18H,1-2H3. The number of benzene rings is 1. The van der Waals surface area contributed by atoms with Crippen molar-refractivity contribution in [2.24, 2.45) is 0 Å². The van der Waals surface area contributed by atoms with E-state index in [1.807, 2.05) is 4.72 Å². The van der Waals surface area contributed by atoms with Gasteiger partial charge in [0, 0.05) is 12.5 Å². The molecule has 0 atom stereocenters. The number of ether oxygens (including phenoxy) is 1. The first kappa shape index (κ1) is 17.1. The Morgan fingerprint density at radius 3 is 2.61 bits per heavy atom. The summed E-state index contributed by atoms with van der Waals surface area (Å²) in [6.45, 7) is 1.06. The molecule has 23 heavy (non-hydrogen) atoms. The van der Waals surface area contributed by atoms with Gasteiger partial charge in [0.15, 0.2) is 5.76 Å². The highest BCUT2D eigenvalue weighted by molar-refractivity contribution is 7.92. The lowest BCUT2D eigenvalue weighted by Gasteiger charge is -2.02. The first-order valence-electron chi connectivity index (χ1n) is 6.06. The first-order chi connectivity index (χ1) is 10.6. The van der Waals surface area contributed by atoms with Crippen LogP contribution in [0.4, 0.5) is 10.3 Å². The lowest BCUT2D eigenvalue weighted by Crippen LogP contribution is -2.11. The van der Waals surface area contributed by atoms with E-state index in [9.17, 15) is 22.7 Å². The number of esters is 1. The fourth-order valence-corrected chi connectivity index (χ4v) is 2.37. The fraction of sp³-hybridized carbons (Fsp3) is 0.154. The summed E-state index contributed by atoms with van der Waals surface area (Å²) >= 11 is 5.66. The van der Waals surface area contributed by atoms with E-state index in [2.05, 4.69) is 0 Å². The van der Waals surface area contributed by atoms with Gasteiger partial charge in [-0.1, -0.05) is 11.6 Å². The molecule has 0 aliphatic heterocycles. The molecule has 1 aromatic heterocycles. The number of carbonyl (C=O) groups excluding carboxylic acids is 1. The fourth-order valence-electron chi connectivity index (χ4n) is 1.71. The summed E-state index contributed by atoms with van der Waals surface area (Å²) < 4.78 is 47.8. The van der Waals surface area contributed by atoms with E-state index in [1.54, 1.807) is 0 Å². The van der Waals surface area contributed by atoms with E-state index >= 15 is 0 Å². The Kier molecular flexibility index (Phi) is 4.53. The Balaban J connectivity index is 2.60. The van der Waals surface area contributed by atoms with Gasteiger partial charge in [0.2, 0.25) is 21.5 Å². The van der Waals surface area contributed by atoms with Crippen LogP contribution in [0.1, 0.15) is 6.92 Å². The highest BCUT2D eigenvalue weighted by Gasteiger charge is 2.26. The minimum Gasteiger partial charge on any atom is -0.502 e. The molecule has 2 rings (SSSR count). The average molecular weight is 364 g/mol. The van der Waals surface area contributed by atoms with Gasteiger partial charge < -0.3 is 14.3 Å². The van der Waals surface area contributed by atoms with Crippen LogP contribution < -0.4 is 9.46 Å². The second-order valence-electron chi connectivity index (χ2n) is 4.53. The number of nitrogens with one attached hydrogen (secondary N) is 1. The van der Waals surface area contributed by atoms with E-state index in [1.165, 1.54) is 6.07 Å². The molecule has 0 aliphatic carbocycles. The molecule has 10 heteroatoms. The number of hydrogen-bond donors (Lipinski definition) is 2. The number of anilines is 1. The highest BCUT2D eigenvalue weighted by Crippen LogP contribution is 2.46. The third kappa shape index (κ3) is 3.93. The molecule has 2 aromatic rings. The maximum absolute atomic E-state index is 13.2. The monoisotopic (exact) mass is 363 g/mol. The van der Waals surface area contributed by atoms with Crippen LogP contribution in [0.15, 0.2) is 22.6 Å². The number of rotatable bonds is 4. The Morgan fingerprint density at radius 1 is 1.43 bits per heavy atom. The van der Waals surface area contributed by atoms with Crippen molar-refractivity contribution in [1.82, 2.24) is 0 Å². The molecule has 2 N–H and O–H groups in total. The Labute approximate surface area is 135 Å². The number of aromatic hydroxyl groups is 1. The largest absolute Gasteiger partial charge is 0.502 e. The van der Waals surface area contributed by atoms with Crippen LogP contribution in [-0.4, -0.2) is 25.7 Å². The molecule has 0 bridgehead atoms. The zero-order valence-corrected chi connectivity index (χ0v) is 13.5. The van der Waals surface area contributed by atoms with E-state index in [0.717, 1.165) is 25.3 Å². The normalized spacial score (nSPS) is 11.3. The highest BCUT2D eigenvalue weighted by atomic mass is 35.5. The van der Waals surface area contributed by atoms with Crippen molar-refractivity contribution in [1.29, 1.82) is 0 Å².